The molecule has 0 saturated heterocycles. The number of hydrogen-bond donors (Lipinski definition) is 2. The van der Waals surface area contributed by atoms with Gasteiger partial charge in [0.05, 0.1) is 0 Å². The van der Waals surface area contributed by atoms with E-state index in [4.69, 9.17) is 0 Å². The Kier molecular flexibility index (Phi) is 5.31. The first-order valence-corrected chi connectivity index (χ1v) is 9.07. The van der Waals surface area contributed by atoms with Gasteiger partial charge in [-0.1, -0.05) is 51.1 Å². The van der Waals surface area contributed by atoms with Crippen LogP contribution in [0.2, 0.25) is 0 Å². The summed E-state index contributed by atoms with van der Waals surface area (Å²) in [6, 6.07) is 20.3. The highest BCUT2D eigenvalue weighted by molar-refractivity contribution is 5.64. The van der Waals surface area contributed by atoms with Crippen LogP contribution >= 0.6 is 0 Å². The van der Waals surface area contributed by atoms with Gasteiger partial charge in [0.25, 0.3) is 0 Å². The largest absolute Gasteiger partial charge is 0.363 e. The van der Waals surface area contributed by atoms with E-state index in [9.17, 15) is 0 Å². The van der Waals surface area contributed by atoms with E-state index < -0.39 is 0 Å². The van der Waals surface area contributed by atoms with Crippen molar-refractivity contribution in [2.75, 3.05) is 29.6 Å². The predicted molar refractivity (Wildman–Crippen MR) is 115 cm³/mol. The Morgan fingerprint density at radius 1 is 0.778 bits per heavy atom. The summed E-state index contributed by atoms with van der Waals surface area (Å²) in [4.78, 5) is 11.2. The molecule has 1 heterocycles. The average Bonchev–Trinajstić information content (AvgIpc) is 2.62. The second kappa shape index (κ2) is 7.66. The summed E-state index contributed by atoms with van der Waals surface area (Å²) in [7, 11) is 3.94. The van der Waals surface area contributed by atoms with E-state index in [1.54, 1.807) is 0 Å². The molecule has 1 aromatic heterocycles. The number of nitrogens with zero attached hydrogens (tertiary/aromatic N) is 3. The van der Waals surface area contributed by atoms with Crippen LogP contribution in [0.25, 0.3) is 0 Å². The Bertz CT molecular complexity index is 881. The van der Waals surface area contributed by atoms with Gasteiger partial charge in [0.1, 0.15) is 11.6 Å². The SMILES string of the molecule is CN(C)c1cc(Nc2ccc(C(C)(C)C)cc2)nc(Nc2ccccc2)n1. The van der Waals surface area contributed by atoms with Gasteiger partial charge in [-0.2, -0.15) is 9.97 Å². The molecule has 5 heteroatoms. The zero-order chi connectivity index (χ0) is 19.4. The maximum absolute atomic E-state index is 4.62. The number of nitrogens with one attached hydrogen (secondary N) is 2. The lowest BCUT2D eigenvalue weighted by atomic mass is 9.87. The van der Waals surface area contributed by atoms with E-state index in [1.165, 1.54) is 5.56 Å². The number of aromatic nitrogens is 2. The second-order valence-corrected chi connectivity index (χ2v) is 7.77. The highest BCUT2D eigenvalue weighted by Crippen LogP contribution is 2.26. The van der Waals surface area contributed by atoms with Crippen molar-refractivity contribution in [3.05, 3.63) is 66.2 Å². The summed E-state index contributed by atoms with van der Waals surface area (Å²) in [6.07, 6.45) is 0. The topological polar surface area (TPSA) is 53.1 Å². The molecule has 0 spiro atoms. The average molecular weight is 361 g/mol. The summed E-state index contributed by atoms with van der Waals surface area (Å²) in [6.45, 7) is 6.64. The molecule has 2 N–H and O–H groups in total. The van der Waals surface area contributed by atoms with Crippen LogP contribution in [-0.4, -0.2) is 24.1 Å². The van der Waals surface area contributed by atoms with Crippen molar-refractivity contribution in [3.8, 4) is 0 Å². The molecular formula is C22H27N5. The lowest BCUT2D eigenvalue weighted by molar-refractivity contribution is 0.590. The van der Waals surface area contributed by atoms with E-state index in [0.717, 1.165) is 23.0 Å². The maximum Gasteiger partial charge on any atom is 0.231 e. The fourth-order valence-electron chi connectivity index (χ4n) is 2.64. The molecule has 0 fully saturated rings. The van der Waals surface area contributed by atoms with Gasteiger partial charge in [-0.3, -0.25) is 0 Å². The molecule has 3 rings (SSSR count). The summed E-state index contributed by atoms with van der Waals surface area (Å²) in [5, 5.41) is 6.65. The highest BCUT2D eigenvalue weighted by atomic mass is 15.2. The van der Waals surface area contributed by atoms with Crippen molar-refractivity contribution in [2.24, 2.45) is 0 Å². The molecule has 0 bridgehead atoms. The number of anilines is 5. The fourth-order valence-corrected chi connectivity index (χ4v) is 2.64. The molecule has 0 aliphatic rings. The van der Waals surface area contributed by atoms with E-state index in [2.05, 4.69) is 65.6 Å². The first-order valence-electron chi connectivity index (χ1n) is 9.07. The van der Waals surface area contributed by atoms with Gasteiger partial charge < -0.3 is 15.5 Å². The van der Waals surface area contributed by atoms with Crippen LogP contribution in [0.1, 0.15) is 26.3 Å². The molecule has 0 saturated carbocycles. The Labute approximate surface area is 161 Å². The molecule has 2 aromatic carbocycles. The molecule has 5 nitrogen and oxygen atoms in total. The Morgan fingerprint density at radius 2 is 1.41 bits per heavy atom. The minimum absolute atomic E-state index is 0.137. The Morgan fingerprint density at radius 3 is 2.00 bits per heavy atom. The number of rotatable bonds is 5. The van der Waals surface area contributed by atoms with Crippen molar-refractivity contribution in [1.82, 2.24) is 9.97 Å². The van der Waals surface area contributed by atoms with Gasteiger partial charge in [-0.05, 0) is 35.2 Å². The Balaban J connectivity index is 1.86. The fraction of sp³-hybridized carbons (Fsp3) is 0.273. The van der Waals surface area contributed by atoms with E-state index in [1.807, 2.05) is 55.4 Å². The van der Waals surface area contributed by atoms with Crippen molar-refractivity contribution >= 4 is 29.0 Å². The van der Waals surface area contributed by atoms with Crippen molar-refractivity contribution in [1.29, 1.82) is 0 Å². The zero-order valence-corrected chi connectivity index (χ0v) is 16.6. The highest BCUT2D eigenvalue weighted by Gasteiger charge is 2.13. The van der Waals surface area contributed by atoms with Gasteiger partial charge in [0.15, 0.2) is 0 Å². The van der Waals surface area contributed by atoms with Crippen molar-refractivity contribution < 1.29 is 0 Å². The van der Waals surface area contributed by atoms with Crippen molar-refractivity contribution in [2.45, 2.75) is 26.2 Å². The molecule has 0 unspecified atom stereocenters. The molecule has 0 amide bonds. The predicted octanol–water partition coefficient (Wildman–Crippen LogP) is 5.33. The summed E-state index contributed by atoms with van der Waals surface area (Å²) < 4.78 is 0. The normalized spacial score (nSPS) is 11.1. The summed E-state index contributed by atoms with van der Waals surface area (Å²) >= 11 is 0. The van der Waals surface area contributed by atoms with Gasteiger partial charge >= 0.3 is 0 Å². The van der Waals surface area contributed by atoms with Gasteiger partial charge in [0, 0.05) is 31.5 Å². The third-order valence-electron chi connectivity index (χ3n) is 4.22. The zero-order valence-electron chi connectivity index (χ0n) is 16.6. The molecule has 140 valence electrons. The quantitative estimate of drug-likeness (QED) is 0.643. The molecule has 3 aromatic rings. The van der Waals surface area contributed by atoms with Gasteiger partial charge in [0.2, 0.25) is 5.95 Å². The van der Waals surface area contributed by atoms with Gasteiger partial charge in [-0.15, -0.1) is 0 Å². The molecular weight excluding hydrogens is 334 g/mol. The Hall–Kier alpha value is -3.08. The van der Waals surface area contributed by atoms with E-state index in [0.29, 0.717) is 5.95 Å². The van der Waals surface area contributed by atoms with Crippen LogP contribution in [0.4, 0.5) is 29.0 Å². The standard InChI is InChI=1S/C22H27N5/c1-22(2,3)16-11-13-18(14-12-16)23-19-15-20(27(4)5)26-21(25-19)24-17-9-7-6-8-10-17/h6-15H,1-5H3,(H2,23,24,25,26). The molecule has 0 atom stereocenters. The second-order valence-electron chi connectivity index (χ2n) is 7.77. The van der Waals surface area contributed by atoms with E-state index >= 15 is 0 Å². The molecule has 0 aliphatic heterocycles. The first kappa shape index (κ1) is 18.7. The lowest BCUT2D eigenvalue weighted by Gasteiger charge is -2.19. The van der Waals surface area contributed by atoms with Crippen LogP contribution in [0.15, 0.2) is 60.7 Å². The van der Waals surface area contributed by atoms with Crippen LogP contribution in [0.5, 0.6) is 0 Å². The molecule has 0 radical (unpaired) electrons. The van der Waals surface area contributed by atoms with Crippen LogP contribution in [0.3, 0.4) is 0 Å². The third kappa shape index (κ3) is 4.97. The monoisotopic (exact) mass is 361 g/mol. The summed E-state index contributed by atoms with van der Waals surface area (Å²) in [5.41, 5.74) is 3.39. The molecule has 27 heavy (non-hydrogen) atoms. The summed E-state index contributed by atoms with van der Waals surface area (Å²) in [5.74, 6) is 2.13. The van der Waals surface area contributed by atoms with Crippen LogP contribution in [-0.2, 0) is 5.41 Å². The minimum Gasteiger partial charge on any atom is -0.363 e. The van der Waals surface area contributed by atoms with E-state index in [-0.39, 0.29) is 5.41 Å². The maximum atomic E-state index is 4.62. The van der Waals surface area contributed by atoms with Crippen molar-refractivity contribution in [3.63, 3.8) is 0 Å². The first-order chi connectivity index (χ1) is 12.8. The van der Waals surface area contributed by atoms with Crippen LogP contribution < -0.4 is 15.5 Å². The number of benzene rings is 2. The lowest BCUT2D eigenvalue weighted by Crippen LogP contribution is -2.13. The minimum atomic E-state index is 0.137. The third-order valence-corrected chi connectivity index (χ3v) is 4.22. The van der Waals surface area contributed by atoms with Crippen LogP contribution in [0, 0.1) is 0 Å². The van der Waals surface area contributed by atoms with Gasteiger partial charge in [-0.25, -0.2) is 0 Å². The molecule has 0 aliphatic carbocycles. The number of hydrogen-bond acceptors (Lipinski definition) is 5. The number of para-hydroxylation sites is 1. The smallest absolute Gasteiger partial charge is 0.231 e.